The van der Waals surface area contributed by atoms with Crippen molar-refractivity contribution in [1.29, 1.82) is 0 Å². The predicted molar refractivity (Wildman–Crippen MR) is 222 cm³/mol. The van der Waals surface area contributed by atoms with Crippen molar-refractivity contribution in [2.75, 3.05) is 0 Å². The van der Waals surface area contributed by atoms with Gasteiger partial charge in [0, 0.05) is 46.9 Å². The van der Waals surface area contributed by atoms with Crippen LogP contribution >= 0.6 is 0 Å². The molecule has 3 aromatic heterocycles. The highest BCUT2D eigenvalue weighted by Crippen LogP contribution is 2.58. The van der Waals surface area contributed by atoms with Crippen molar-refractivity contribution in [2.24, 2.45) is 0 Å². The van der Waals surface area contributed by atoms with Crippen LogP contribution in [0.4, 0.5) is 0 Å². The van der Waals surface area contributed by atoms with Crippen LogP contribution in [0.25, 0.3) is 78.1 Å². The first kappa shape index (κ1) is 32.2. The highest BCUT2D eigenvalue weighted by atomic mass is 14.7. The maximum absolute atomic E-state index is 5.06. The fraction of sp³-hybridized carbons (Fsp3) is 0.118. The molecule has 8 aromatic rings. The molecule has 0 unspecified atom stereocenters. The van der Waals surface area contributed by atoms with Gasteiger partial charge in [-0.1, -0.05) is 141 Å². The van der Waals surface area contributed by atoms with Gasteiger partial charge in [0.2, 0.25) is 0 Å². The minimum atomic E-state index is 0.136. The van der Waals surface area contributed by atoms with E-state index in [-0.39, 0.29) is 5.41 Å². The van der Waals surface area contributed by atoms with Gasteiger partial charge in [0.05, 0.1) is 11.4 Å². The zero-order chi connectivity index (χ0) is 35.9. The molecule has 3 heterocycles. The van der Waals surface area contributed by atoms with Crippen LogP contribution in [0.5, 0.6) is 0 Å². The summed E-state index contributed by atoms with van der Waals surface area (Å²) in [5.74, 6) is 0. The molecule has 1 saturated carbocycles. The van der Waals surface area contributed by atoms with Crippen molar-refractivity contribution in [1.82, 2.24) is 15.0 Å². The van der Waals surface area contributed by atoms with Crippen LogP contribution in [-0.4, -0.2) is 15.0 Å². The SMILES string of the molecule is c1cncc(-c2cc(-c3ccc(-c4ccc(-c5ccc(-c6cccc7c6C6(CCCCC6)c6ccccc6-7)cc5)cc4)cc3)nc(-c3cccnc3)c2)c1. The summed E-state index contributed by atoms with van der Waals surface area (Å²) in [6.45, 7) is 0. The Morgan fingerprint density at radius 2 is 0.889 bits per heavy atom. The molecule has 54 heavy (non-hydrogen) atoms. The second-order valence-electron chi connectivity index (χ2n) is 14.8. The quantitative estimate of drug-likeness (QED) is 0.174. The molecule has 1 spiro atoms. The third kappa shape index (κ3) is 5.64. The Kier molecular flexibility index (Phi) is 8.06. The van der Waals surface area contributed by atoms with E-state index in [1.807, 2.05) is 30.6 Å². The molecule has 5 aromatic carbocycles. The van der Waals surface area contributed by atoms with Crippen molar-refractivity contribution in [2.45, 2.75) is 37.5 Å². The standard InChI is InChI=1S/C51H39N3/c1-4-27-51(28-5-1)47-14-3-2-11-45(47)46-13-6-12-44(50(46)51)39-23-19-37(20-24-39)35-15-17-36(18-16-35)38-21-25-40(26-22-38)48-31-43(41-9-7-29-52-33-41)32-49(54-48)42-10-8-30-53-34-42/h2-3,6-26,29-34H,1,4-5,27-28H2. The summed E-state index contributed by atoms with van der Waals surface area (Å²) in [6, 6.07) is 55.3. The fourth-order valence-electron chi connectivity index (χ4n) is 9.05. The number of pyridine rings is 3. The molecule has 0 radical (unpaired) electrons. The Labute approximate surface area is 317 Å². The summed E-state index contributed by atoms with van der Waals surface area (Å²) in [6.07, 6.45) is 13.8. The van der Waals surface area contributed by atoms with E-state index in [2.05, 4.69) is 143 Å². The van der Waals surface area contributed by atoms with Gasteiger partial charge in [0.1, 0.15) is 0 Å². The van der Waals surface area contributed by atoms with Crippen molar-refractivity contribution < 1.29 is 0 Å². The molecule has 3 heteroatoms. The smallest absolute Gasteiger partial charge is 0.0731 e. The number of rotatable bonds is 6. The Hall–Kier alpha value is -6.45. The predicted octanol–water partition coefficient (Wildman–Crippen LogP) is 13.1. The van der Waals surface area contributed by atoms with Crippen molar-refractivity contribution in [3.8, 4) is 78.1 Å². The van der Waals surface area contributed by atoms with Crippen LogP contribution < -0.4 is 0 Å². The maximum atomic E-state index is 5.06. The summed E-state index contributed by atoms with van der Waals surface area (Å²) >= 11 is 0. The molecular formula is C51H39N3. The zero-order valence-electron chi connectivity index (χ0n) is 30.1. The lowest BCUT2D eigenvalue weighted by molar-refractivity contribution is 0.353. The van der Waals surface area contributed by atoms with Crippen molar-refractivity contribution in [3.63, 3.8) is 0 Å². The van der Waals surface area contributed by atoms with Gasteiger partial charge in [0.25, 0.3) is 0 Å². The lowest BCUT2D eigenvalue weighted by atomic mass is 9.66. The summed E-state index contributed by atoms with van der Waals surface area (Å²) in [4.78, 5) is 13.7. The average Bonchev–Trinajstić information content (AvgIpc) is 3.53. The minimum Gasteiger partial charge on any atom is -0.264 e. The Morgan fingerprint density at radius 3 is 1.50 bits per heavy atom. The number of aromatic nitrogens is 3. The van der Waals surface area contributed by atoms with E-state index in [1.165, 1.54) is 76.6 Å². The Morgan fingerprint density at radius 1 is 0.370 bits per heavy atom. The summed E-state index contributed by atoms with van der Waals surface area (Å²) in [5.41, 5.74) is 19.6. The molecule has 2 aliphatic rings. The van der Waals surface area contributed by atoms with Crippen LogP contribution in [0.15, 0.2) is 176 Å². The first-order chi connectivity index (χ1) is 26.7. The molecule has 0 saturated heterocycles. The van der Waals surface area contributed by atoms with Crippen LogP contribution in [0.2, 0.25) is 0 Å². The van der Waals surface area contributed by atoms with Crippen molar-refractivity contribution in [3.05, 3.63) is 188 Å². The number of fused-ring (bicyclic) bond motifs is 5. The molecule has 3 nitrogen and oxygen atoms in total. The molecular weight excluding hydrogens is 655 g/mol. The van der Waals surface area contributed by atoms with E-state index >= 15 is 0 Å². The monoisotopic (exact) mass is 693 g/mol. The number of hydrogen-bond donors (Lipinski definition) is 0. The summed E-state index contributed by atoms with van der Waals surface area (Å²) < 4.78 is 0. The molecule has 0 N–H and O–H groups in total. The third-order valence-corrected chi connectivity index (χ3v) is 11.7. The van der Waals surface area contributed by atoms with Gasteiger partial charge in [-0.2, -0.15) is 0 Å². The lowest BCUT2D eigenvalue weighted by Crippen LogP contribution is -2.28. The second kappa shape index (κ2) is 13.5. The highest BCUT2D eigenvalue weighted by molar-refractivity contribution is 5.89. The van der Waals surface area contributed by atoms with Gasteiger partial charge < -0.3 is 0 Å². The van der Waals surface area contributed by atoms with Gasteiger partial charge >= 0.3 is 0 Å². The van der Waals surface area contributed by atoms with Crippen LogP contribution in [-0.2, 0) is 5.41 Å². The molecule has 0 amide bonds. The normalized spacial score (nSPS) is 14.1. The Bertz CT molecular complexity index is 2530. The number of benzene rings is 5. The van der Waals surface area contributed by atoms with Gasteiger partial charge in [0.15, 0.2) is 0 Å². The largest absolute Gasteiger partial charge is 0.264 e. The summed E-state index contributed by atoms with van der Waals surface area (Å²) in [7, 11) is 0. The first-order valence-corrected chi connectivity index (χ1v) is 19.1. The fourth-order valence-corrected chi connectivity index (χ4v) is 9.05. The van der Waals surface area contributed by atoms with Gasteiger partial charge in [-0.15, -0.1) is 0 Å². The number of hydrogen-bond acceptors (Lipinski definition) is 3. The lowest BCUT2D eigenvalue weighted by Gasteiger charge is -2.37. The highest BCUT2D eigenvalue weighted by Gasteiger charge is 2.45. The molecule has 1 fully saturated rings. The minimum absolute atomic E-state index is 0.136. The summed E-state index contributed by atoms with van der Waals surface area (Å²) in [5, 5.41) is 0. The molecule has 0 bridgehead atoms. The topological polar surface area (TPSA) is 38.7 Å². The van der Waals surface area contributed by atoms with E-state index < -0.39 is 0 Å². The van der Waals surface area contributed by atoms with Gasteiger partial charge in [-0.3, -0.25) is 9.97 Å². The Balaban J connectivity index is 0.917. The number of nitrogens with zero attached hydrogens (tertiary/aromatic N) is 3. The molecule has 258 valence electrons. The molecule has 0 aliphatic heterocycles. The van der Waals surface area contributed by atoms with Crippen LogP contribution in [0, 0.1) is 0 Å². The first-order valence-electron chi connectivity index (χ1n) is 19.1. The van der Waals surface area contributed by atoms with Crippen LogP contribution in [0.3, 0.4) is 0 Å². The van der Waals surface area contributed by atoms with Gasteiger partial charge in [-0.05, 0) is 104 Å². The average molecular weight is 694 g/mol. The second-order valence-corrected chi connectivity index (χ2v) is 14.8. The van der Waals surface area contributed by atoms with Crippen LogP contribution in [0.1, 0.15) is 43.2 Å². The molecule has 10 rings (SSSR count). The molecule has 0 atom stereocenters. The van der Waals surface area contributed by atoms with Crippen molar-refractivity contribution >= 4 is 0 Å². The van der Waals surface area contributed by atoms with E-state index in [9.17, 15) is 0 Å². The van der Waals surface area contributed by atoms with E-state index in [1.54, 1.807) is 23.5 Å². The molecule has 2 aliphatic carbocycles. The van der Waals surface area contributed by atoms with E-state index in [0.717, 1.165) is 33.6 Å². The maximum Gasteiger partial charge on any atom is 0.0731 e. The van der Waals surface area contributed by atoms with E-state index in [0.29, 0.717) is 0 Å². The zero-order valence-corrected chi connectivity index (χ0v) is 30.1. The van der Waals surface area contributed by atoms with Gasteiger partial charge in [-0.25, -0.2) is 4.98 Å². The third-order valence-electron chi connectivity index (χ3n) is 11.7. The van der Waals surface area contributed by atoms with E-state index in [4.69, 9.17) is 4.98 Å².